The number of nitrogens with zero attached hydrogens (tertiary/aromatic N) is 7. The standard InChI is InChI=1S/C31H31ClF2N8OS/c32-21-13-20-25(24(34)23(21)19-3-4-22(33)27-26(19)37-29(36)44-27)38-30(43-16-31-7-1-9-41(31)10-2-8-31)39-28(20)40-11-5-17(6-12-40)42-15-18(42)14-35/h3-4,13,17-18H,1-2,5-12,15-16H2,(H2,36,37). The molecule has 2 N–H and O–H groups in total. The molecule has 44 heavy (non-hydrogen) atoms. The lowest BCUT2D eigenvalue weighted by atomic mass is 9.95. The maximum Gasteiger partial charge on any atom is 0.319 e. The van der Waals surface area contributed by atoms with E-state index in [2.05, 4.69) is 30.7 Å². The number of benzene rings is 2. The largest absolute Gasteiger partial charge is 0.461 e. The molecule has 0 amide bonds. The quantitative estimate of drug-likeness (QED) is 0.271. The Labute approximate surface area is 262 Å². The molecule has 4 aliphatic rings. The van der Waals surface area contributed by atoms with Crippen LogP contribution in [0.25, 0.3) is 32.2 Å². The van der Waals surface area contributed by atoms with Crippen LogP contribution in [-0.4, -0.2) is 81.7 Å². The molecule has 0 spiro atoms. The molecule has 0 saturated carbocycles. The lowest BCUT2D eigenvalue weighted by Gasteiger charge is -2.34. The molecule has 0 radical (unpaired) electrons. The summed E-state index contributed by atoms with van der Waals surface area (Å²) in [5.74, 6) is -0.541. The van der Waals surface area contributed by atoms with Gasteiger partial charge in [0.1, 0.15) is 29.8 Å². The molecule has 2 unspecified atom stereocenters. The van der Waals surface area contributed by atoms with Crippen molar-refractivity contribution in [3.63, 3.8) is 0 Å². The average Bonchev–Trinajstić information content (AvgIpc) is 3.29. The predicted molar refractivity (Wildman–Crippen MR) is 167 cm³/mol. The Morgan fingerprint density at radius 3 is 2.59 bits per heavy atom. The summed E-state index contributed by atoms with van der Waals surface area (Å²) in [6, 6.07) is 7.27. The normalized spacial score (nSPS) is 23.4. The van der Waals surface area contributed by atoms with Crippen molar-refractivity contribution in [2.45, 2.75) is 56.1 Å². The zero-order valence-corrected chi connectivity index (χ0v) is 25.6. The van der Waals surface area contributed by atoms with Crippen molar-refractivity contribution >= 4 is 55.0 Å². The summed E-state index contributed by atoms with van der Waals surface area (Å²) in [6.07, 6.45) is 6.13. The molecule has 8 rings (SSSR count). The van der Waals surface area contributed by atoms with E-state index in [-0.39, 0.29) is 49.0 Å². The minimum absolute atomic E-state index is 0.00821. The number of halogens is 3. The van der Waals surface area contributed by atoms with Crippen LogP contribution in [0.2, 0.25) is 5.02 Å². The first-order chi connectivity index (χ1) is 21.3. The smallest absolute Gasteiger partial charge is 0.319 e. The van der Waals surface area contributed by atoms with Gasteiger partial charge in [-0.15, -0.1) is 0 Å². The van der Waals surface area contributed by atoms with Crippen LogP contribution in [0.15, 0.2) is 18.2 Å². The summed E-state index contributed by atoms with van der Waals surface area (Å²) in [5, 5.41) is 10.1. The van der Waals surface area contributed by atoms with Crippen LogP contribution in [0.4, 0.5) is 19.7 Å². The molecule has 2 aromatic heterocycles. The maximum atomic E-state index is 16.7. The zero-order valence-electron chi connectivity index (χ0n) is 24.0. The number of anilines is 2. The predicted octanol–water partition coefficient (Wildman–Crippen LogP) is 5.60. The molecule has 4 saturated heterocycles. The summed E-state index contributed by atoms with van der Waals surface area (Å²) in [7, 11) is 0. The van der Waals surface area contributed by atoms with E-state index in [0.717, 1.165) is 69.5 Å². The monoisotopic (exact) mass is 636 g/mol. The Balaban J connectivity index is 1.21. The molecule has 4 fully saturated rings. The molecule has 0 bridgehead atoms. The maximum absolute atomic E-state index is 16.7. The molecule has 4 aliphatic heterocycles. The van der Waals surface area contributed by atoms with Crippen molar-refractivity contribution in [2.24, 2.45) is 0 Å². The van der Waals surface area contributed by atoms with Crippen molar-refractivity contribution in [2.75, 3.05) is 50.0 Å². The molecule has 0 aliphatic carbocycles. The summed E-state index contributed by atoms with van der Waals surface area (Å²) < 4.78 is 37.9. The van der Waals surface area contributed by atoms with Crippen molar-refractivity contribution in [3.8, 4) is 23.2 Å². The second-order valence-corrected chi connectivity index (χ2v) is 13.8. The van der Waals surface area contributed by atoms with E-state index in [1.165, 1.54) is 12.1 Å². The third-order valence-corrected chi connectivity index (χ3v) is 11.1. The fourth-order valence-corrected chi connectivity index (χ4v) is 8.70. The highest BCUT2D eigenvalue weighted by atomic mass is 35.5. The number of nitrogen functional groups attached to an aromatic ring is 1. The van der Waals surface area contributed by atoms with Gasteiger partial charge in [-0.3, -0.25) is 9.80 Å². The molecule has 13 heteroatoms. The van der Waals surface area contributed by atoms with Crippen LogP contribution in [0.5, 0.6) is 6.01 Å². The summed E-state index contributed by atoms with van der Waals surface area (Å²) in [6.45, 7) is 4.79. The van der Waals surface area contributed by atoms with Gasteiger partial charge in [0.25, 0.3) is 0 Å². The average molecular weight is 637 g/mol. The molecule has 2 aromatic carbocycles. The first-order valence-corrected chi connectivity index (χ1v) is 16.4. The van der Waals surface area contributed by atoms with E-state index >= 15 is 4.39 Å². The fraction of sp³-hybridized carbons (Fsp3) is 0.484. The number of piperidine rings is 1. The first-order valence-electron chi connectivity index (χ1n) is 15.2. The molecule has 228 valence electrons. The molecule has 2 atom stereocenters. The first kappa shape index (κ1) is 28.1. The van der Waals surface area contributed by atoms with Crippen LogP contribution >= 0.6 is 22.9 Å². The van der Waals surface area contributed by atoms with Crippen molar-refractivity contribution in [1.29, 1.82) is 5.26 Å². The summed E-state index contributed by atoms with van der Waals surface area (Å²) in [4.78, 5) is 20.7. The van der Waals surface area contributed by atoms with Gasteiger partial charge >= 0.3 is 6.01 Å². The summed E-state index contributed by atoms with van der Waals surface area (Å²) in [5.41, 5.74) is 6.67. The van der Waals surface area contributed by atoms with Gasteiger partial charge in [0.15, 0.2) is 10.9 Å². The van der Waals surface area contributed by atoms with Gasteiger partial charge in [-0.25, -0.2) is 13.8 Å². The third kappa shape index (κ3) is 4.55. The van der Waals surface area contributed by atoms with Crippen LogP contribution in [0.1, 0.15) is 38.5 Å². The Kier molecular flexibility index (Phi) is 6.79. The Morgan fingerprint density at radius 2 is 1.86 bits per heavy atom. The Hall–Kier alpha value is -3.37. The number of nitrogens with two attached hydrogens (primary N) is 1. The number of nitriles is 1. The van der Waals surface area contributed by atoms with Crippen molar-refractivity contribution in [1.82, 2.24) is 24.8 Å². The van der Waals surface area contributed by atoms with E-state index in [4.69, 9.17) is 27.1 Å². The van der Waals surface area contributed by atoms with Crippen LogP contribution in [0, 0.1) is 23.0 Å². The second kappa shape index (κ2) is 10.6. The van der Waals surface area contributed by atoms with E-state index in [1.807, 2.05) is 0 Å². The summed E-state index contributed by atoms with van der Waals surface area (Å²) >= 11 is 7.82. The van der Waals surface area contributed by atoms with Crippen molar-refractivity contribution in [3.05, 3.63) is 34.9 Å². The highest BCUT2D eigenvalue weighted by Crippen LogP contribution is 2.44. The molecular weight excluding hydrogens is 606 g/mol. The van der Waals surface area contributed by atoms with Gasteiger partial charge in [-0.05, 0) is 69.8 Å². The number of rotatable bonds is 6. The Bertz CT molecular complexity index is 1830. The Morgan fingerprint density at radius 1 is 1.09 bits per heavy atom. The van der Waals surface area contributed by atoms with E-state index in [1.54, 1.807) is 6.07 Å². The number of hydrogen-bond acceptors (Lipinski definition) is 10. The number of hydrogen-bond donors (Lipinski definition) is 1. The molecular formula is C31H31ClF2N8OS. The van der Waals surface area contributed by atoms with Crippen LogP contribution in [0.3, 0.4) is 0 Å². The number of ether oxygens (including phenoxy) is 1. The van der Waals surface area contributed by atoms with Crippen LogP contribution < -0.4 is 15.4 Å². The highest BCUT2D eigenvalue weighted by Gasteiger charge is 2.45. The number of aromatic nitrogens is 3. The van der Waals surface area contributed by atoms with E-state index in [9.17, 15) is 9.65 Å². The third-order valence-electron chi connectivity index (χ3n) is 9.94. The molecule has 9 nitrogen and oxygen atoms in total. The minimum Gasteiger partial charge on any atom is -0.461 e. The van der Waals surface area contributed by atoms with Crippen molar-refractivity contribution < 1.29 is 13.5 Å². The van der Waals surface area contributed by atoms with Gasteiger partial charge < -0.3 is 15.4 Å². The number of fused-ring (bicyclic) bond motifs is 3. The lowest BCUT2D eigenvalue weighted by Crippen LogP contribution is -2.43. The zero-order chi connectivity index (χ0) is 30.2. The van der Waals surface area contributed by atoms with Crippen LogP contribution in [-0.2, 0) is 0 Å². The molecule has 4 aromatic rings. The van der Waals surface area contributed by atoms with E-state index in [0.29, 0.717) is 42.5 Å². The van der Waals surface area contributed by atoms with Gasteiger partial charge in [0, 0.05) is 42.2 Å². The minimum atomic E-state index is -0.641. The van der Waals surface area contributed by atoms with Gasteiger partial charge in [-0.2, -0.15) is 15.2 Å². The molecule has 6 heterocycles. The highest BCUT2D eigenvalue weighted by molar-refractivity contribution is 7.22. The lowest BCUT2D eigenvalue weighted by molar-refractivity contribution is 0.108. The second-order valence-electron chi connectivity index (χ2n) is 12.4. The number of thiazole rings is 1. The van der Waals surface area contributed by atoms with E-state index < -0.39 is 11.6 Å². The van der Waals surface area contributed by atoms with Gasteiger partial charge in [0.2, 0.25) is 0 Å². The SMILES string of the molecule is N#CC1CN1C1CCN(c2nc(OCC34CCCN3CCC4)nc3c(F)c(-c4ccc(F)c5sc(N)nc45)c(Cl)cc23)CC1. The van der Waals surface area contributed by atoms with Gasteiger partial charge in [-0.1, -0.05) is 22.9 Å². The van der Waals surface area contributed by atoms with Gasteiger partial charge in [0.05, 0.1) is 26.8 Å². The fourth-order valence-electron chi connectivity index (χ4n) is 7.65. The topological polar surface area (TPSA) is 107 Å².